The molecule has 1 heterocycles. The summed E-state index contributed by atoms with van der Waals surface area (Å²) in [6.45, 7) is 5.89. The lowest BCUT2D eigenvalue weighted by atomic mass is 10.2. The van der Waals surface area contributed by atoms with E-state index in [4.69, 9.17) is 9.47 Å². The van der Waals surface area contributed by atoms with E-state index >= 15 is 0 Å². The van der Waals surface area contributed by atoms with Gasteiger partial charge in [0.05, 0.1) is 19.3 Å². The van der Waals surface area contributed by atoms with Gasteiger partial charge in [-0.2, -0.15) is 0 Å². The van der Waals surface area contributed by atoms with E-state index < -0.39 is 0 Å². The summed E-state index contributed by atoms with van der Waals surface area (Å²) in [4.78, 5) is 8.21. The third-order valence-electron chi connectivity index (χ3n) is 3.50. The Morgan fingerprint density at radius 1 is 1.19 bits per heavy atom. The van der Waals surface area contributed by atoms with Crippen molar-refractivity contribution >= 4 is 29.9 Å². The molecule has 1 unspecified atom stereocenters. The van der Waals surface area contributed by atoms with Gasteiger partial charge in [0.1, 0.15) is 24.2 Å². The molecule has 7 heteroatoms. The van der Waals surface area contributed by atoms with Crippen molar-refractivity contribution in [3.8, 4) is 11.5 Å². The van der Waals surface area contributed by atoms with E-state index in [1.165, 1.54) is 0 Å². The number of ether oxygens (including phenoxy) is 2. The van der Waals surface area contributed by atoms with Crippen LogP contribution in [0, 0.1) is 6.92 Å². The molecule has 0 saturated carbocycles. The molecule has 6 nitrogen and oxygen atoms in total. The van der Waals surface area contributed by atoms with Crippen LogP contribution in [0.2, 0.25) is 0 Å². The van der Waals surface area contributed by atoms with Crippen LogP contribution in [0.25, 0.3) is 0 Å². The van der Waals surface area contributed by atoms with Crippen LogP contribution in [0.5, 0.6) is 11.5 Å². The quantitative estimate of drug-likeness (QED) is 0.269. The van der Waals surface area contributed by atoms with Crippen LogP contribution in [0.3, 0.4) is 0 Å². The predicted octanol–water partition coefficient (Wildman–Crippen LogP) is 3.02. The van der Waals surface area contributed by atoms with E-state index in [9.17, 15) is 0 Å². The summed E-state index contributed by atoms with van der Waals surface area (Å²) < 4.78 is 11.5. The van der Waals surface area contributed by atoms with E-state index in [0.29, 0.717) is 19.7 Å². The van der Waals surface area contributed by atoms with Crippen molar-refractivity contribution in [3.63, 3.8) is 0 Å². The Morgan fingerprint density at radius 3 is 2.69 bits per heavy atom. The van der Waals surface area contributed by atoms with Gasteiger partial charge in [-0.3, -0.25) is 9.98 Å². The van der Waals surface area contributed by atoms with Crippen LogP contribution < -0.4 is 20.1 Å². The van der Waals surface area contributed by atoms with Gasteiger partial charge in [-0.15, -0.1) is 24.0 Å². The number of guanidine groups is 1. The molecule has 2 aromatic rings. The zero-order valence-corrected chi connectivity index (χ0v) is 17.8. The van der Waals surface area contributed by atoms with Crippen molar-refractivity contribution in [3.05, 3.63) is 54.4 Å². The third-order valence-corrected chi connectivity index (χ3v) is 3.50. The van der Waals surface area contributed by atoms with Gasteiger partial charge in [-0.1, -0.05) is 18.2 Å². The van der Waals surface area contributed by atoms with Gasteiger partial charge in [-0.25, -0.2) is 0 Å². The summed E-state index contributed by atoms with van der Waals surface area (Å²) in [5.74, 6) is 2.38. The number of hydrogen-bond donors (Lipinski definition) is 2. The van der Waals surface area contributed by atoms with Gasteiger partial charge in [0, 0.05) is 13.2 Å². The average molecular weight is 470 g/mol. The molecular formula is C19H27IN4O2. The first kappa shape index (κ1) is 22.0. The Labute approximate surface area is 172 Å². The number of rotatable bonds is 8. The molecule has 1 atom stereocenters. The highest BCUT2D eigenvalue weighted by molar-refractivity contribution is 14.0. The second-order valence-corrected chi connectivity index (χ2v) is 5.61. The van der Waals surface area contributed by atoms with Gasteiger partial charge < -0.3 is 20.1 Å². The second-order valence-electron chi connectivity index (χ2n) is 5.61. The maximum absolute atomic E-state index is 5.95. The van der Waals surface area contributed by atoms with E-state index in [-0.39, 0.29) is 30.1 Å². The van der Waals surface area contributed by atoms with Crippen LogP contribution in [0.1, 0.15) is 12.5 Å². The molecule has 0 bridgehead atoms. The molecular weight excluding hydrogens is 443 g/mol. The molecule has 0 amide bonds. The number of nitrogens with one attached hydrogen (secondary N) is 2. The summed E-state index contributed by atoms with van der Waals surface area (Å²) in [7, 11) is 1.74. The normalized spacial score (nSPS) is 11.9. The minimum Gasteiger partial charge on any atom is -0.490 e. The molecule has 1 aromatic carbocycles. The summed E-state index contributed by atoms with van der Waals surface area (Å²) in [6, 6.07) is 11.7. The topological polar surface area (TPSA) is 67.8 Å². The molecule has 0 aliphatic rings. The first-order chi connectivity index (χ1) is 12.2. The third kappa shape index (κ3) is 7.90. The molecule has 0 aliphatic carbocycles. The van der Waals surface area contributed by atoms with Crippen molar-refractivity contribution in [2.24, 2.45) is 4.99 Å². The number of aromatic nitrogens is 1. The lowest BCUT2D eigenvalue weighted by Gasteiger charge is -2.18. The predicted molar refractivity (Wildman–Crippen MR) is 116 cm³/mol. The van der Waals surface area contributed by atoms with Crippen molar-refractivity contribution in [2.45, 2.75) is 20.0 Å². The largest absolute Gasteiger partial charge is 0.490 e. The van der Waals surface area contributed by atoms with E-state index in [0.717, 1.165) is 23.0 Å². The molecule has 1 aromatic heterocycles. The van der Waals surface area contributed by atoms with E-state index in [2.05, 4.69) is 20.6 Å². The summed E-state index contributed by atoms with van der Waals surface area (Å²) >= 11 is 0. The Morgan fingerprint density at radius 2 is 2.00 bits per heavy atom. The lowest BCUT2D eigenvalue weighted by Crippen LogP contribution is -2.43. The monoisotopic (exact) mass is 470 g/mol. The number of pyridine rings is 1. The summed E-state index contributed by atoms with van der Waals surface area (Å²) in [5, 5.41) is 6.46. The van der Waals surface area contributed by atoms with Gasteiger partial charge in [-0.05, 0) is 37.6 Å². The van der Waals surface area contributed by atoms with Gasteiger partial charge in [0.15, 0.2) is 5.96 Å². The van der Waals surface area contributed by atoms with E-state index in [1.807, 2.05) is 50.2 Å². The van der Waals surface area contributed by atoms with E-state index in [1.54, 1.807) is 19.4 Å². The number of nitrogens with zero attached hydrogens (tertiary/aromatic N) is 2. The molecule has 142 valence electrons. The van der Waals surface area contributed by atoms with Crippen molar-refractivity contribution in [2.75, 3.05) is 26.7 Å². The molecule has 0 fully saturated rings. The summed E-state index contributed by atoms with van der Waals surface area (Å²) in [6.07, 6.45) is 3.43. The fourth-order valence-electron chi connectivity index (χ4n) is 2.18. The molecule has 26 heavy (non-hydrogen) atoms. The Hall–Kier alpha value is -2.03. The minimum absolute atomic E-state index is 0. The molecule has 2 rings (SSSR count). The van der Waals surface area contributed by atoms with Crippen LogP contribution in [-0.2, 0) is 0 Å². The highest BCUT2D eigenvalue weighted by Gasteiger charge is 2.07. The van der Waals surface area contributed by atoms with Crippen molar-refractivity contribution in [1.29, 1.82) is 0 Å². The average Bonchev–Trinajstić information content (AvgIpc) is 2.64. The van der Waals surface area contributed by atoms with Crippen LogP contribution in [-0.4, -0.2) is 43.8 Å². The standard InChI is InChI=1S/C19H26N4O2.HI/c1-15-7-4-5-9-18(15)25-16(2)13-23-19(20-3)22-11-12-24-17-8-6-10-21-14-17;/h4-10,14,16H,11-13H2,1-3H3,(H2,20,22,23);1H. The maximum atomic E-state index is 5.95. The number of aliphatic imine (C=N–C) groups is 1. The number of halogens is 1. The SMILES string of the molecule is CN=C(NCCOc1cccnc1)NCC(C)Oc1ccccc1C.I. The fourth-order valence-corrected chi connectivity index (χ4v) is 2.18. The van der Waals surface area contributed by atoms with Crippen molar-refractivity contribution in [1.82, 2.24) is 15.6 Å². The second kappa shape index (κ2) is 12.3. The molecule has 0 spiro atoms. The Balaban J connectivity index is 0.00000338. The number of para-hydroxylation sites is 1. The lowest BCUT2D eigenvalue weighted by molar-refractivity contribution is 0.222. The molecule has 0 aliphatic heterocycles. The number of hydrogen-bond acceptors (Lipinski definition) is 4. The number of aryl methyl sites for hydroxylation is 1. The first-order valence-electron chi connectivity index (χ1n) is 8.38. The van der Waals surface area contributed by atoms with Crippen molar-refractivity contribution < 1.29 is 9.47 Å². The number of benzene rings is 1. The van der Waals surface area contributed by atoms with Gasteiger partial charge in [0.2, 0.25) is 0 Å². The fraction of sp³-hybridized carbons (Fsp3) is 0.368. The minimum atomic E-state index is 0. The zero-order chi connectivity index (χ0) is 17.9. The maximum Gasteiger partial charge on any atom is 0.191 e. The van der Waals surface area contributed by atoms with Gasteiger partial charge in [0.25, 0.3) is 0 Å². The van der Waals surface area contributed by atoms with Crippen LogP contribution in [0.15, 0.2) is 53.8 Å². The first-order valence-corrected chi connectivity index (χ1v) is 8.38. The molecule has 0 saturated heterocycles. The van der Waals surface area contributed by atoms with Crippen LogP contribution in [0.4, 0.5) is 0 Å². The Bertz CT molecular complexity index is 668. The van der Waals surface area contributed by atoms with Gasteiger partial charge >= 0.3 is 0 Å². The van der Waals surface area contributed by atoms with Crippen LogP contribution >= 0.6 is 24.0 Å². The highest BCUT2D eigenvalue weighted by atomic mass is 127. The highest BCUT2D eigenvalue weighted by Crippen LogP contribution is 2.17. The summed E-state index contributed by atoms with van der Waals surface area (Å²) in [5.41, 5.74) is 1.13. The Kier molecular flexibility index (Phi) is 10.5. The smallest absolute Gasteiger partial charge is 0.191 e. The molecule has 0 radical (unpaired) electrons. The molecule has 2 N–H and O–H groups in total. The zero-order valence-electron chi connectivity index (χ0n) is 15.4.